The van der Waals surface area contributed by atoms with Gasteiger partial charge in [0.05, 0.1) is 24.7 Å². The van der Waals surface area contributed by atoms with E-state index < -0.39 is 0 Å². The molecule has 0 radical (unpaired) electrons. The molecule has 0 unspecified atom stereocenters. The van der Waals surface area contributed by atoms with E-state index in [1.54, 1.807) is 42.5 Å². The lowest BCUT2D eigenvalue weighted by Gasteiger charge is -2.11. The number of aryl methyl sites for hydroxylation is 1. The van der Waals surface area contributed by atoms with Gasteiger partial charge in [-0.05, 0) is 61.9 Å². The number of amides is 1. The number of rotatable bonds is 6. The number of ether oxygens (including phenoxy) is 1. The van der Waals surface area contributed by atoms with Crippen LogP contribution in [0.4, 0.5) is 4.39 Å². The van der Waals surface area contributed by atoms with Crippen molar-refractivity contribution in [2.45, 2.75) is 20.4 Å². The van der Waals surface area contributed by atoms with Gasteiger partial charge in [0, 0.05) is 36.0 Å². The summed E-state index contributed by atoms with van der Waals surface area (Å²) in [6.07, 6.45) is 4.81. The minimum atomic E-state index is -0.373. The first-order valence-corrected chi connectivity index (χ1v) is 9.86. The Balaban J connectivity index is 1.50. The SMILES string of the molecule is COc1ccc(-n2c(C)cc(C(=O)NCc3ccc(-n4ccnc4)c(F)c3)c2C)cc1. The molecule has 1 N–H and O–H groups in total. The standard InChI is InChI=1S/C24H23FN4O2/c1-16-12-21(17(2)29(16)19-5-7-20(31-3)8-6-19)24(30)27-14-18-4-9-23(22(25)13-18)28-11-10-26-15-28/h4-13,15H,14H2,1-3H3,(H,27,30). The molecular formula is C24H23FN4O2. The largest absolute Gasteiger partial charge is 0.497 e. The van der Waals surface area contributed by atoms with Gasteiger partial charge in [-0.2, -0.15) is 0 Å². The summed E-state index contributed by atoms with van der Waals surface area (Å²) in [5, 5.41) is 2.89. The van der Waals surface area contributed by atoms with E-state index >= 15 is 0 Å². The quantitative estimate of drug-likeness (QED) is 0.506. The maximum absolute atomic E-state index is 14.4. The molecule has 0 fully saturated rings. The normalized spacial score (nSPS) is 10.8. The summed E-state index contributed by atoms with van der Waals surface area (Å²) < 4.78 is 23.3. The second-order valence-electron chi connectivity index (χ2n) is 7.26. The lowest BCUT2D eigenvalue weighted by atomic mass is 10.1. The molecule has 7 heteroatoms. The summed E-state index contributed by atoms with van der Waals surface area (Å²) in [5.74, 6) is 0.199. The number of carbonyl (C=O) groups excluding carboxylic acids is 1. The summed E-state index contributed by atoms with van der Waals surface area (Å²) in [5.41, 5.74) is 4.41. The second-order valence-corrected chi connectivity index (χ2v) is 7.26. The molecule has 4 rings (SSSR count). The molecule has 1 amide bonds. The number of nitrogens with one attached hydrogen (secondary N) is 1. The van der Waals surface area contributed by atoms with Crippen molar-refractivity contribution < 1.29 is 13.9 Å². The molecule has 0 saturated heterocycles. The van der Waals surface area contributed by atoms with Crippen molar-refractivity contribution >= 4 is 5.91 Å². The number of halogens is 1. The highest BCUT2D eigenvalue weighted by Gasteiger charge is 2.17. The highest BCUT2D eigenvalue weighted by molar-refractivity contribution is 5.95. The van der Waals surface area contributed by atoms with Crippen LogP contribution in [-0.2, 0) is 6.54 Å². The van der Waals surface area contributed by atoms with E-state index in [1.807, 2.05) is 48.7 Å². The topological polar surface area (TPSA) is 61.1 Å². The van der Waals surface area contributed by atoms with E-state index in [9.17, 15) is 9.18 Å². The molecule has 0 atom stereocenters. The van der Waals surface area contributed by atoms with Crippen LogP contribution in [0.5, 0.6) is 5.75 Å². The molecule has 2 heterocycles. The minimum Gasteiger partial charge on any atom is -0.497 e. The molecule has 0 spiro atoms. The highest BCUT2D eigenvalue weighted by atomic mass is 19.1. The fourth-order valence-electron chi connectivity index (χ4n) is 3.67. The third-order valence-corrected chi connectivity index (χ3v) is 5.25. The van der Waals surface area contributed by atoms with Gasteiger partial charge in [0.1, 0.15) is 11.6 Å². The van der Waals surface area contributed by atoms with Crippen LogP contribution in [0.15, 0.2) is 67.3 Å². The molecule has 0 aliphatic heterocycles. The van der Waals surface area contributed by atoms with Crippen molar-refractivity contribution in [1.29, 1.82) is 0 Å². The summed E-state index contributed by atoms with van der Waals surface area (Å²) in [4.78, 5) is 16.8. The Morgan fingerprint density at radius 3 is 2.55 bits per heavy atom. The van der Waals surface area contributed by atoms with Crippen LogP contribution in [-0.4, -0.2) is 27.1 Å². The van der Waals surface area contributed by atoms with Crippen LogP contribution in [0, 0.1) is 19.7 Å². The zero-order valence-corrected chi connectivity index (χ0v) is 17.6. The maximum Gasteiger partial charge on any atom is 0.253 e. The molecule has 31 heavy (non-hydrogen) atoms. The van der Waals surface area contributed by atoms with Gasteiger partial charge in [0.25, 0.3) is 5.91 Å². The molecule has 4 aromatic rings. The predicted molar refractivity (Wildman–Crippen MR) is 116 cm³/mol. The summed E-state index contributed by atoms with van der Waals surface area (Å²) in [7, 11) is 1.63. The first-order chi connectivity index (χ1) is 15.0. The first kappa shape index (κ1) is 20.4. The van der Waals surface area contributed by atoms with Crippen LogP contribution < -0.4 is 10.1 Å². The van der Waals surface area contributed by atoms with E-state index in [0.29, 0.717) is 16.8 Å². The van der Waals surface area contributed by atoms with Gasteiger partial charge in [-0.15, -0.1) is 0 Å². The average molecular weight is 418 g/mol. The van der Waals surface area contributed by atoms with Gasteiger partial charge in [-0.3, -0.25) is 4.79 Å². The predicted octanol–water partition coefficient (Wildman–Crippen LogP) is 4.36. The molecule has 0 bridgehead atoms. The lowest BCUT2D eigenvalue weighted by Crippen LogP contribution is -2.23. The average Bonchev–Trinajstić information content (AvgIpc) is 3.40. The molecule has 158 valence electrons. The number of hydrogen-bond donors (Lipinski definition) is 1. The van der Waals surface area contributed by atoms with Crippen LogP contribution in [0.25, 0.3) is 11.4 Å². The van der Waals surface area contributed by atoms with E-state index in [0.717, 1.165) is 22.8 Å². The van der Waals surface area contributed by atoms with Gasteiger partial charge < -0.3 is 19.2 Å². The van der Waals surface area contributed by atoms with Crippen molar-refractivity contribution in [2.75, 3.05) is 7.11 Å². The summed E-state index contributed by atoms with van der Waals surface area (Å²) in [6.45, 7) is 4.09. The monoisotopic (exact) mass is 418 g/mol. The summed E-state index contributed by atoms with van der Waals surface area (Å²) in [6, 6.07) is 14.4. The Hall–Kier alpha value is -3.87. The fourth-order valence-corrected chi connectivity index (χ4v) is 3.67. The third-order valence-electron chi connectivity index (χ3n) is 5.25. The number of nitrogens with zero attached hydrogens (tertiary/aromatic N) is 3. The van der Waals surface area contributed by atoms with E-state index in [2.05, 4.69) is 10.3 Å². The molecule has 0 saturated carbocycles. The Morgan fingerprint density at radius 1 is 1.13 bits per heavy atom. The Bertz CT molecular complexity index is 1210. The number of methoxy groups -OCH3 is 1. The van der Waals surface area contributed by atoms with Crippen molar-refractivity contribution in [3.63, 3.8) is 0 Å². The van der Waals surface area contributed by atoms with E-state index in [-0.39, 0.29) is 18.3 Å². The Morgan fingerprint density at radius 2 is 1.90 bits per heavy atom. The first-order valence-electron chi connectivity index (χ1n) is 9.86. The zero-order chi connectivity index (χ0) is 22.0. The van der Waals surface area contributed by atoms with Gasteiger partial charge in [-0.1, -0.05) is 6.07 Å². The van der Waals surface area contributed by atoms with Crippen molar-refractivity contribution in [3.8, 4) is 17.1 Å². The number of imidazole rings is 1. The van der Waals surface area contributed by atoms with E-state index in [4.69, 9.17) is 4.74 Å². The van der Waals surface area contributed by atoms with Gasteiger partial charge in [0.2, 0.25) is 0 Å². The lowest BCUT2D eigenvalue weighted by molar-refractivity contribution is 0.0950. The van der Waals surface area contributed by atoms with Crippen molar-refractivity contribution in [1.82, 2.24) is 19.4 Å². The molecular weight excluding hydrogens is 395 g/mol. The highest BCUT2D eigenvalue weighted by Crippen LogP contribution is 2.23. The third kappa shape index (κ3) is 4.07. The van der Waals surface area contributed by atoms with Crippen molar-refractivity contribution in [3.05, 3.63) is 95.6 Å². The molecule has 0 aliphatic carbocycles. The van der Waals surface area contributed by atoms with Crippen LogP contribution >= 0.6 is 0 Å². The molecule has 2 aromatic carbocycles. The fraction of sp³-hybridized carbons (Fsp3) is 0.167. The number of aromatic nitrogens is 3. The van der Waals surface area contributed by atoms with Gasteiger partial charge in [-0.25, -0.2) is 9.37 Å². The van der Waals surface area contributed by atoms with E-state index in [1.165, 1.54) is 6.07 Å². The van der Waals surface area contributed by atoms with Crippen LogP contribution in [0.3, 0.4) is 0 Å². The number of carbonyl (C=O) groups is 1. The van der Waals surface area contributed by atoms with Crippen LogP contribution in [0.1, 0.15) is 27.3 Å². The Kier molecular flexibility index (Phi) is 5.58. The minimum absolute atomic E-state index is 0.202. The van der Waals surface area contributed by atoms with Crippen LogP contribution in [0.2, 0.25) is 0 Å². The van der Waals surface area contributed by atoms with Crippen molar-refractivity contribution in [2.24, 2.45) is 0 Å². The smallest absolute Gasteiger partial charge is 0.253 e. The maximum atomic E-state index is 14.4. The zero-order valence-electron chi connectivity index (χ0n) is 17.6. The molecule has 2 aromatic heterocycles. The number of hydrogen-bond acceptors (Lipinski definition) is 3. The number of benzene rings is 2. The molecule has 0 aliphatic rings. The Labute approximate surface area is 179 Å². The van der Waals surface area contributed by atoms with Gasteiger partial charge >= 0.3 is 0 Å². The van der Waals surface area contributed by atoms with Gasteiger partial charge in [0.15, 0.2) is 0 Å². The molecule has 6 nitrogen and oxygen atoms in total. The summed E-state index contributed by atoms with van der Waals surface area (Å²) >= 11 is 0. The second kappa shape index (κ2) is 8.47.